The fourth-order valence-corrected chi connectivity index (χ4v) is 4.55. The van der Waals surface area contributed by atoms with Crippen molar-refractivity contribution in [2.24, 2.45) is 0 Å². The van der Waals surface area contributed by atoms with Gasteiger partial charge in [0.05, 0.1) is 12.0 Å². The van der Waals surface area contributed by atoms with E-state index in [0.717, 1.165) is 11.3 Å². The number of aromatic amines is 1. The summed E-state index contributed by atoms with van der Waals surface area (Å²) in [6, 6.07) is 4.83. The Labute approximate surface area is 193 Å². The normalized spacial score (nSPS) is 22.0. The number of oxazole rings is 2. The second kappa shape index (κ2) is 7.10. The number of halogens is 1. The van der Waals surface area contributed by atoms with Crippen LogP contribution in [0.3, 0.4) is 0 Å². The molecule has 2 atom stereocenters. The van der Waals surface area contributed by atoms with Crippen molar-refractivity contribution in [1.29, 1.82) is 0 Å². The molecule has 0 saturated heterocycles. The van der Waals surface area contributed by atoms with Gasteiger partial charge in [0.25, 0.3) is 5.91 Å². The lowest BCUT2D eigenvalue weighted by Crippen LogP contribution is -2.40. The predicted octanol–water partition coefficient (Wildman–Crippen LogP) is 4.16. The zero-order chi connectivity index (χ0) is 23.8. The Morgan fingerprint density at radius 2 is 2.06 bits per heavy atom. The lowest BCUT2D eigenvalue weighted by molar-refractivity contribution is 0.0448. The first-order chi connectivity index (χ1) is 16.2. The van der Waals surface area contributed by atoms with Crippen LogP contribution in [0.15, 0.2) is 45.1 Å². The fourth-order valence-electron chi connectivity index (χ4n) is 4.55. The van der Waals surface area contributed by atoms with Crippen LogP contribution in [0.4, 0.5) is 4.39 Å². The molecule has 9 nitrogen and oxygen atoms in total. The van der Waals surface area contributed by atoms with E-state index in [4.69, 9.17) is 13.8 Å². The first-order valence-corrected chi connectivity index (χ1v) is 11.0. The molecule has 4 aromatic rings. The first kappa shape index (κ1) is 20.8. The van der Waals surface area contributed by atoms with Crippen LogP contribution in [-0.2, 0) is 12.0 Å². The molecule has 1 amide bonds. The summed E-state index contributed by atoms with van der Waals surface area (Å²) >= 11 is 0. The number of alkyl halides is 1. The van der Waals surface area contributed by atoms with Crippen LogP contribution in [0.5, 0.6) is 0 Å². The second-order valence-electron chi connectivity index (χ2n) is 9.19. The molecule has 10 heteroatoms. The van der Waals surface area contributed by atoms with Crippen molar-refractivity contribution in [3.8, 4) is 0 Å². The van der Waals surface area contributed by atoms with Crippen molar-refractivity contribution in [3.63, 3.8) is 0 Å². The lowest BCUT2D eigenvalue weighted by Gasteiger charge is -2.35. The molecule has 1 aromatic carbocycles. The fraction of sp³-hybridized carbons (Fsp3) is 0.333. The van der Waals surface area contributed by atoms with Crippen molar-refractivity contribution in [2.75, 3.05) is 0 Å². The van der Waals surface area contributed by atoms with Gasteiger partial charge in [-0.25, -0.2) is 19.3 Å². The number of para-hydroxylation sites is 1. The minimum Gasteiger partial charge on any atom is -0.438 e. The van der Waals surface area contributed by atoms with Gasteiger partial charge in [0, 0.05) is 24.2 Å². The zero-order valence-electron chi connectivity index (χ0n) is 18.8. The molecular formula is C24H22FN5O4. The summed E-state index contributed by atoms with van der Waals surface area (Å²) in [4.78, 5) is 31.8. The third kappa shape index (κ3) is 3.02. The van der Waals surface area contributed by atoms with E-state index >= 15 is 4.39 Å². The van der Waals surface area contributed by atoms with Crippen LogP contribution in [0.25, 0.3) is 11.1 Å². The smallest absolute Gasteiger partial charge is 0.296 e. The molecule has 3 aromatic heterocycles. The number of amides is 1. The third-order valence-electron chi connectivity index (χ3n) is 6.25. The van der Waals surface area contributed by atoms with Gasteiger partial charge in [-0.05, 0) is 32.4 Å². The van der Waals surface area contributed by atoms with Crippen LogP contribution in [0.2, 0.25) is 0 Å². The maximum atomic E-state index is 15.1. The molecule has 1 unspecified atom stereocenters. The van der Waals surface area contributed by atoms with Gasteiger partial charge in [-0.3, -0.25) is 9.69 Å². The zero-order valence-corrected chi connectivity index (χ0v) is 18.8. The highest BCUT2D eigenvalue weighted by Crippen LogP contribution is 2.43. The van der Waals surface area contributed by atoms with Crippen molar-refractivity contribution in [2.45, 2.75) is 51.4 Å². The number of aliphatic hydroxyl groups is 1. The largest absolute Gasteiger partial charge is 0.438 e. The number of allylic oxidation sites excluding steroid dienone is 2. The summed E-state index contributed by atoms with van der Waals surface area (Å²) in [5.41, 5.74) is 2.59. The SMILES string of the molecule is Cc1cccc2oc([C@@H]3c4nc[nH]c4C/C4=C\CC(F)c5nc(C(C)(C)O)oc5C(=O)N43)nc12. The number of benzene rings is 1. The van der Waals surface area contributed by atoms with Crippen molar-refractivity contribution in [1.82, 2.24) is 24.8 Å². The van der Waals surface area contributed by atoms with Gasteiger partial charge < -0.3 is 18.9 Å². The molecule has 0 saturated carbocycles. The van der Waals surface area contributed by atoms with E-state index in [2.05, 4.69) is 15.0 Å². The number of nitrogens with one attached hydrogen (secondary N) is 1. The predicted molar refractivity (Wildman–Crippen MR) is 117 cm³/mol. The van der Waals surface area contributed by atoms with E-state index in [1.54, 1.807) is 12.4 Å². The van der Waals surface area contributed by atoms with Crippen LogP contribution in [0.1, 0.15) is 77.5 Å². The standard InChI is InChI=1S/C24H22FN5O4/c1-11-5-4-6-15-16(11)28-21(33-15)19-18-14(26-10-27-18)9-12-7-8-13(25)17-20(22(31)30(12)19)34-23(29-17)24(2,3)32/h4-7,10,13,19,32H,8-9H2,1-3H3,(H,26,27)/b12-7+/t13?,19-/m0/s1. The summed E-state index contributed by atoms with van der Waals surface area (Å²) in [7, 11) is 0. The van der Waals surface area contributed by atoms with Gasteiger partial charge in [0.1, 0.15) is 23.0 Å². The van der Waals surface area contributed by atoms with Crippen molar-refractivity contribution >= 4 is 17.0 Å². The molecule has 5 heterocycles. The molecule has 0 fully saturated rings. The molecule has 2 aliphatic heterocycles. The van der Waals surface area contributed by atoms with E-state index in [0.29, 0.717) is 28.9 Å². The molecule has 2 aliphatic rings. The van der Waals surface area contributed by atoms with Gasteiger partial charge in [0.2, 0.25) is 17.5 Å². The Morgan fingerprint density at radius 3 is 2.82 bits per heavy atom. The summed E-state index contributed by atoms with van der Waals surface area (Å²) < 4.78 is 26.9. The average Bonchev–Trinajstić information content (AvgIpc) is 3.52. The molecule has 6 rings (SSSR count). The highest BCUT2D eigenvalue weighted by atomic mass is 19.1. The quantitative estimate of drug-likeness (QED) is 0.458. The van der Waals surface area contributed by atoms with Crippen molar-refractivity contribution in [3.05, 3.63) is 76.5 Å². The van der Waals surface area contributed by atoms with E-state index < -0.39 is 23.7 Å². The number of fused-ring (bicyclic) bond motifs is 4. The summed E-state index contributed by atoms with van der Waals surface area (Å²) in [6.45, 7) is 4.87. The Balaban J connectivity index is 1.56. The number of rotatable bonds is 2. The minimum absolute atomic E-state index is 0.00714. The first-order valence-electron chi connectivity index (χ1n) is 11.0. The Morgan fingerprint density at radius 1 is 1.24 bits per heavy atom. The third-order valence-corrected chi connectivity index (χ3v) is 6.25. The number of hydrogen-bond donors (Lipinski definition) is 2. The van der Waals surface area contributed by atoms with Crippen LogP contribution < -0.4 is 0 Å². The van der Waals surface area contributed by atoms with Crippen LogP contribution in [-0.4, -0.2) is 35.8 Å². The van der Waals surface area contributed by atoms with Gasteiger partial charge in [0.15, 0.2) is 11.6 Å². The van der Waals surface area contributed by atoms with E-state index in [-0.39, 0.29) is 29.7 Å². The highest BCUT2D eigenvalue weighted by molar-refractivity contribution is 5.95. The van der Waals surface area contributed by atoms with E-state index in [1.165, 1.54) is 18.7 Å². The summed E-state index contributed by atoms with van der Waals surface area (Å²) in [5, 5.41) is 10.4. The Hall–Kier alpha value is -3.79. The average molecular weight is 463 g/mol. The van der Waals surface area contributed by atoms with E-state index in [1.807, 2.05) is 25.1 Å². The maximum absolute atomic E-state index is 15.1. The van der Waals surface area contributed by atoms with Crippen molar-refractivity contribution < 1.29 is 23.1 Å². The molecular weight excluding hydrogens is 441 g/mol. The molecule has 174 valence electrons. The topological polar surface area (TPSA) is 121 Å². The number of carbonyl (C=O) groups is 1. The number of imidazole rings is 1. The lowest BCUT2D eigenvalue weighted by atomic mass is 9.96. The molecule has 0 aliphatic carbocycles. The molecule has 0 spiro atoms. The van der Waals surface area contributed by atoms with Gasteiger partial charge >= 0.3 is 0 Å². The summed E-state index contributed by atoms with van der Waals surface area (Å²) in [5.74, 6) is -0.670. The Bertz CT molecular complexity index is 1470. The van der Waals surface area contributed by atoms with E-state index in [9.17, 15) is 9.90 Å². The Kier molecular flexibility index (Phi) is 4.34. The molecule has 0 radical (unpaired) electrons. The maximum Gasteiger partial charge on any atom is 0.296 e. The second-order valence-corrected chi connectivity index (χ2v) is 9.19. The molecule has 34 heavy (non-hydrogen) atoms. The van der Waals surface area contributed by atoms with Crippen LogP contribution in [0, 0.1) is 6.92 Å². The van der Waals surface area contributed by atoms with Gasteiger partial charge in [-0.15, -0.1) is 0 Å². The molecule has 0 bridgehead atoms. The molecule has 2 N–H and O–H groups in total. The number of aromatic nitrogens is 4. The highest BCUT2D eigenvalue weighted by Gasteiger charge is 2.45. The number of carbonyl (C=O) groups excluding carboxylic acids is 1. The number of hydrogen-bond acceptors (Lipinski definition) is 7. The summed E-state index contributed by atoms with van der Waals surface area (Å²) in [6.07, 6.45) is 2.04. The monoisotopic (exact) mass is 463 g/mol. The number of H-pyrrole nitrogens is 1. The van der Waals surface area contributed by atoms with Gasteiger partial charge in [-0.2, -0.15) is 0 Å². The number of aryl methyl sites for hydroxylation is 1. The minimum atomic E-state index is -1.55. The van der Waals surface area contributed by atoms with Gasteiger partial charge in [-0.1, -0.05) is 18.2 Å². The van der Waals surface area contributed by atoms with Crippen LogP contribution >= 0.6 is 0 Å². The number of nitrogens with zero attached hydrogens (tertiary/aromatic N) is 4.